The van der Waals surface area contributed by atoms with Gasteiger partial charge in [-0.05, 0) is 55.7 Å². The van der Waals surface area contributed by atoms with Crippen LogP contribution in [-0.4, -0.2) is 38.4 Å². The molecule has 0 bridgehead atoms. The number of hydrogen-bond acceptors (Lipinski definition) is 5. The summed E-state index contributed by atoms with van der Waals surface area (Å²) in [6.07, 6.45) is 8.42. The van der Waals surface area contributed by atoms with Crippen LogP contribution in [0.1, 0.15) is 51.9 Å². The van der Waals surface area contributed by atoms with E-state index >= 15 is 0 Å². The Morgan fingerprint density at radius 2 is 1.84 bits per heavy atom. The van der Waals surface area contributed by atoms with Crippen molar-refractivity contribution in [3.63, 3.8) is 0 Å². The summed E-state index contributed by atoms with van der Waals surface area (Å²) in [4.78, 5) is 12.3. The molecule has 1 aliphatic heterocycles. The molecule has 0 saturated carbocycles. The third-order valence-corrected chi connectivity index (χ3v) is 5.40. The fourth-order valence-corrected chi connectivity index (χ4v) is 3.58. The van der Waals surface area contributed by atoms with Crippen molar-refractivity contribution >= 4 is 17.3 Å². The number of rotatable bonds is 14. The molecular weight excluding hydrogens is 404 g/mol. The molecule has 0 aromatic heterocycles. The summed E-state index contributed by atoms with van der Waals surface area (Å²) in [5.41, 5.74) is 1.59. The van der Waals surface area contributed by atoms with E-state index in [1.54, 1.807) is 0 Å². The summed E-state index contributed by atoms with van der Waals surface area (Å²) in [6.45, 7) is 4.49. The lowest BCUT2D eigenvalue weighted by Gasteiger charge is -2.13. The Morgan fingerprint density at radius 1 is 1.00 bits per heavy atom. The molecule has 6 nitrogen and oxygen atoms in total. The summed E-state index contributed by atoms with van der Waals surface area (Å²) in [7, 11) is 0. The second-order valence-electron chi connectivity index (χ2n) is 8.16. The molecule has 1 atom stereocenters. The van der Waals surface area contributed by atoms with E-state index in [0.29, 0.717) is 12.3 Å². The molecular formula is C26H36N2O4. The van der Waals surface area contributed by atoms with Gasteiger partial charge < -0.3 is 24.8 Å². The first-order valence-corrected chi connectivity index (χ1v) is 11.8. The predicted octanol–water partition coefficient (Wildman–Crippen LogP) is 5.64. The van der Waals surface area contributed by atoms with Crippen molar-refractivity contribution in [2.75, 3.05) is 37.0 Å². The van der Waals surface area contributed by atoms with Crippen LogP contribution >= 0.6 is 0 Å². The first-order chi connectivity index (χ1) is 15.7. The molecule has 1 fully saturated rings. The topological polar surface area (TPSA) is 68.8 Å². The van der Waals surface area contributed by atoms with Crippen molar-refractivity contribution in [1.29, 1.82) is 0 Å². The maximum atomic E-state index is 12.3. The molecule has 1 saturated heterocycles. The first-order valence-electron chi connectivity index (χ1n) is 11.8. The van der Waals surface area contributed by atoms with Gasteiger partial charge in [-0.3, -0.25) is 4.79 Å². The second kappa shape index (κ2) is 13.6. The van der Waals surface area contributed by atoms with Crippen LogP contribution in [0.5, 0.6) is 11.5 Å². The van der Waals surface area contributed by atoms with Crippen molar-refractivity contribution < 1.29 is 19.0 Å². The Morgan fingerprint density at radius 3 is 2.62 bits per heavy atom. The number of amides is 1. The van der Waals surface area contributed by atoms with Crippen LogP contribution in [0.25, 0.3) is 0 Å². The number of carbonyl (C=O) groups excluding carboxylic acids is 1. The minimum absolute atomic E-state index is 0.117. The summed E-state index contributed by atoms with van der Waals surface area (Å²) in [5.74, 6) is 1.47. The smallest absolute Gasteiger partial charge is 0.243 e. The predicted molar refractivity (Wildman–Crippen MR) is 129 cm³/mol. The van der Waals surface area contributed by atoms with Crippen LogP contribution in [-0.2, 0) is 9.53 Å². The zero-order chi connectivity index (χ0) is 22.4. The summed E-state index contributed by atoms with van der Waals surface area (Å²) < 4.78 is 17.2. The van der Waals surface area contributed by atoms with Gasteiger partial charge >= 0.3 is 0 Å². The van der Waals surface area contributed by atoms with E-state index in [2.05, 4.69) is 17.6 Å². The average Bonchev–Trinajstić information content (AvgIpc) is 3.33. The molecule has 3 rings (SSSR count). The van der Waals surface area contributed by atoms with Crippen molar-refractivity contribution in [2.45, 2.75) is 58.0 Å². The third-order valence-electron chi connectivity index (χ3n) is 5.40. The number of nitrogens with one attached hydrogen (secondary N) is 2. The lowest BCUT2D eigenvalue weighted by atomic mass is 10.2. The average molecular weight is 441 g/mol. The Kier molecular flexibility index (Phi) is 10.2. The van der Waals surface area contributed by atoms with E-state index < -0.39 is 0 Å². The number of ether oxygens (including phenoxy) is 3. The van der Waals surface area contributed by atoms with E-state index in [4.69, 9.17) is 14.2 Å². The quantitative estimate of drug-likeness (QED) is 0.372. The largest absolute Gasteiger partial charge is 0.494 e. The minimum Gasteiger partial charge on any atom is -0.494 e. The van der Waals surface area contributed by atoms with Crippen molar-refractivity contribution in [3.05, 3.63) is 48.5 Å². The van der Waals surface area contributed by atoms with Gasteiger partial charge in [0.1, 0.15) is 18.1 Å². The Hall–Kier alpha value is -2.73. The molecule has 2 aromatic carbocycles. The van der Waals surface area contributed by atoms with Gasteiger partial charge in [0.25, 0.3) is 0 Å². The minimum atomic E-state index is -0.117. The Balaban J connectivity index is 1.35. The molecule has 0 radical (unpaired) electrons. The van der Waals surface area contributed by atoms with E-state index in [-0.39, 0.29) is 18.6 Å². The maximum absolute atomic E-state index is 12.3. The lowest BCUT2D eigenvalue weighted by Crippen LogP contribution is -2.21. The second-order valence-corrected chi connectivity index (χ2v) is 8.16. The summed E-state index contributed by atoms with van der Waals surface area (Å²) in [5, 5.41) is 6.05. The van der Waals surface area contributed by atoms with Gasteiger partial charge in [-0.25, -0.2) is 0 Å². The lowest BCUT2D eigenvalue weighted by molar-refractivity contribution is -0.114. The molecule has 2 N–H and O–H groups in total. The molecule has 1 heterocycles. The monoisotopic (exact) mass is 440 g/mol. The normalized spacial score (nSPS) is 15.3. The number of carbonyl (C=O) groups is 1. The fraction of sp³-hybridized carbons (Fsp3) is 0.500. The van der Waals surface area contributed by atoms with E-state index in [0.717, 1.165) is 49.7 Å². The molecule has 2 aromatic rings. The van der Waals surface area contributed by atoms with Crippen LogP contribution in [0.15, 0.2) is 48.5 Å². The van der Waals surface area contributed by atoms with Crippen molar-refractivity contribution in [3.8, 4) is 11.5 Å². The van der Waals surface area contributed by atoms with Gasteiger partial charge in [0, 0.05) is 24.0 Å². The Labute approximate surface area is 191 Å². The zero-order valence-electron chi connectivity index (χ0n) is 19.1. The molecule has 6 heteroatoms. The maximum Gasteiger partial charge on any atom is 0.243 e. The van der Waals surface area contributed by atoms with Crippen LogP contribution in [0.2, 0.25) is 0 Å². The van der Waals surface area contributed by atoms with Gasteiger partial charge in [-0.1, -0.05) is 38.7 Å². The van der Waals surface area contributed by atoms with Gasteiger partial charge in [-0.15, -0.1) is 0 Å². The molecule has 1 amide bonds. The molecule has 1 aliphatic rings. The number of hydrogen-bond donors (Lipinski definition) is 2. The van der Waals surface area contributed by atoms with Crippen molar-refractivity contribution in [1.82, 2.24) is 0 Å². The molecule has 0 aliphatic carbocycles. The number of unbranched alkanes of at least 4 members (excludes halogenated alkanes) is 4. The highest BCUT2D eigenvalue weighted by molar-refractivity contribution is 5.93. The van der Waals surface area contributed by atoms with Gasteiger partial charge in [-0.2, -0.15) is 0 Å². The highest BCUT2D eigenvalue weighted by Crippen LogP contribution is 2.20. The molecule has 32 heavy (non-hydrogen) atoms. The van der Waals surface area contributed by atoms with Crippen LogP contribution < -0.4 is 20.1 Å². The van der Waals surface area contributed by atoms with E-state index in [1.165, 1.54) is 25.7 Å². The molecule has 1 unspecified atom stereocenters. The molecule has 0 spiro atoms. The SMILES string of the molecule is CCCCCCCOc1ccc(NCC(=O)Nc2cccc(OCC3CCCO3)c2)cc1. The molecule has 174 valence electrons. The van der Waals surface area contributed by atoms with Crippen molar-refractivity contribution in [2.24, 2.45) is 0 Å². The van der Waals surface area contributed by atoms with Crippen LogP contribution in [0.4, 0.5) is 11.4 Å². The number of benzene rings is 2. The number of anilines is 2. The van der Waals surface area contributed by atoms with Crippen LogP contribution in [0.3, 0.4) is 0 Å². The highest BCUT2D eigenvalue weighted by Gasteiger charge is 2.16. The standard InChI is InChI=1S/C26H36N2O4/c1-2-3-4-5-6-16-30-23-14-12-21(13-15-23)27-19-26(29)28-22-9-7-10-24(18-22)32-20-25-11-8-17-31-25/h7,9-10,12-15,18,25,27H,2-6,8,11,16-17,19-20H2,1H3,(H,28,29). The van der Waals surface area contributed by atoms with E-state index in [1.807, 2.05) is 48.5 Å². The fourth-order valence-electron chi connectivity index (χ4n) is 3.58. The van der Waals surface area contributed by atoms with Gasteiger partial charge in [0.2, 0.25) is 5.91 Å². The van der Waals surface area contributed by atoms with Crippen LogP contribution in [0, 0.1) is 0 Å². The zero-order valence-corrected chi connectivity index (χ0v) is 19.1. The van der Waals surface area contributed by atoms with Gasteiger partial charge in [0.05, 0.1) is 19.3 Å². The van der Waals surface area contributed by atoms with Gasteiger partial charge in [0.15, 0.2) is 0 Å². The summed E-state index contributed by atoms with van der Waals surface area (Å²) >= 11 is 0. The highest BCUT2D eigenvalue weighted by atomic mass is 16.5. The Bertz CT molecular complexity index is 804. The van der Waals surface area contributed by atoms with E-state index in [9.17, 15) is 4.79 Å². The summed E-state index contributed by atoms with van der Waals surface area (Å²) in [6, 6.07) is 15.2. The first kappa shape index (κ1) is 23.9. The third kappa shape index (κ3) is 8.79.